The van der Waals surface area contributed by atoms with Crippen molar-refractivity contribution in [3.05, 3.63) is 40.2 Å². The Morgan fingerprint density at radius 1 is 1.50 bits per heavy atom. The van der Waals surface area contributed by atoms with E-state index in [4.69, 9.17) is 4.74 Å². The number of H-pyrrole nitrogens is 1. The van der Waals surface area contributed by atoms with Gasteiger partial charge in [-0.25, -0.2) is 0 Å². The largest absolute Gasteiger partial charge is 0.484 e. The van der Waals surface area contributed by atoms with E-state index in [9.17, 15) is 14.9 Å². The van der Waals surface area contributed by atoms with E-state index in [2.05, 4.69) is 25.9 Å². The van der Waals surface area contributed by atoms with E-state index in [-0.39, 0.29) is 24.6 Å². The van der Waals surface area contributed by atoms with Crippen molar-refractivity contribution in [3.63, 3.8) is 0 Å². The van der Waals surface area contributed by atoms with E-state index in [1.165, 1.54) is 24.3 Å². The summed E-state index contributed by atoms with van der Waals surface area (Å²) in [6, 6.07) is 5.58. The highest BCUT2D eigenvalue weighted by molar-refractivity contribution is 5.77. The lowest BCUT2D eigenvalue weighted by Gasteiger charge is -2.05. The highest BCUT2D eigenvalue weighted by Crippen LogP contribution is 2.18. The van der Waals surface area contributed by atoms with E-state index in [0.29, 0.717) is 5.82 Å². The Kier molecular flexibility index (Phi) is 4.17. The summed E-state index contributed by atoms with van der Waals surface area (Å²) in [5.41, 5.74) is -0.102. The molecule has 0 aliphatic rings. The molecule has 1 heterocycles. The highest BCUT2D eigenvalue weighted by Gasteiger charge is 2.08. The zero-order valence-corrected chi connectivity index (χ0v) is 10.1. The summed E-state index contributed by atoms with van der Waals surface area (Å²) >= 11 is 0. The van der Waals surface area contributed by atoms with Crippen LogP contribution in [-0.2, 0) is 11.3 Å². The second-order valence-corrected chi connectivity index (χ2v) is 3.65. The van der Waals surface area contributed by atoms with Crippen LogP contribution in [0.3, 0.4) is 0 Å². The van der Waals surface area contributed by atoms with Gasteiger partial charge in [0.2, 0.25) is 0 Å². The number of aromatic amines is 1. The summed E-state index contributed by atoms with van der Waals surface area (Å²) in [6.07, 6.45) is 0. The summed E-state index contributed by atoms with van der Waals surface area (Å²) in [7, 11) is 0. The molecule has 0 aliphatic carbocycles. The number of benzene rings is 1. The molecule has 0 bridgehead atoms. The van der Waals surface area contributed by atoms with Crippen molar-refractivity contribution >= 4 is 11.6 Å². The van der Waals surface area contributed by atoms with Crippen LogP contribution in [0.15, 0.2) is 24.3 Å². The number of hydrogen-bond acceptors (Lipinski definition) is 7. The van der Waals surface area contributed by atoms with Crippen LogP contribution in [0.4, 0.5) is 5.69 Å². The van der Waals surface area contributed by atoms with Crippen LogP contribution >= 0.6 is 0 Å². The van der Waals surface area contributed by atoms with E-state index in [1.807, 2.05) is 0 Å². The first-order chi connectivity index (χ1) is 9.65. The smallest absolute Gasteiger partial charge is 0.273 e. The number of nitro benzene ring substituents is 1. The number of aromatic nitrogens is 4. The lowest BCUT2D eigenvalue weighted by molar-refractivity contribution is -0.384. The number of hydrogen-bond donors (Lipinski definition) is 2. The second-order valence-electron chi connectivity index (χ2n) is 3.65. The molecule has 1 aromatic carbocycles. The van der Waals surface area contributed by atoms with Crippen molar-refractivity contribution in [2.24, 2.45) is 0 Å². The fraction of sp³-hybridized carbons (Fsp3) is 0.200. The molecule has 2 rings (SSSR count). The quantitative estimate of drug-likeness (QED) is 0.551. The zero-order valence-electron chi connectivity index (χ0n) is 10.1. The minimum atomic E-state index is -0.539. The topological polar surface area (TPSA) is 136 Å². The molecule has 20 heavy (non-hydrogen) atoms. The molecule has 10 heteroatoms. The number of tetrazole rings is 1. The molecule has 2 aromatic rings. The Morgan fingerprint density at radius 3 is 3.05 bits per heavy atom. The molecule has 1 amide bonds. The van der Waals surface area contributed by atoms with Gasteiger partial charge in [-0.3, -0.25) is 14.9 Å². The molecular formula is C10H10N6O4. The van der Waals surface area contributed by atoms with Crippen LogP contribution in [0.25, 0.3) is 0 Å². The maximum absolute atomic E-state index is 11.5. The van der Waals surface area contributed by atoms with Gasteiger partial charge in [0.05, 0.1) is 17.5 Å². The molecule has 0 saturated carbocycles. The van der Waals surface area contributed by atoms with Crippen LogP contribution in [0.2, 0.25) is 0 Å². The van der Waals surface area contributed by atoms with Gasteiger partial charge in [-0.1, -0.05) is 11.3 Å². The summed E-state index contributed by atoms with van der Waals surface area (Å²) < 4.78 is 5.15. The molecule has 104 valence electrons. The fourth-order valence-electron chi connectivity index (χ4n) is 1.32. The van der Waals surface area contributed by atoms with Gasteiger partial charge in [-0.05, 0) is 6.07 Å². The van der Waals surface area contributed by atoms with Crippen LogP contribution in [0, 0.1) is 10.1 Å². The number of nitrogens with zero attached hydrogens (tertiary/aromatic N) is 4. The van der Waals surface area contributed by atoms with Gasteiger partial charge in [0.1, 0.15) is 5.75 Å². The van der Waals surface area contributed by atoms with E-state index < -0.39 is 10.8 Å². The van der Waals surface area contributed by atoms with Crippen molar-refractivity contribution < 1.29 is 14.5 Å². The molecule has 2 N–H and O–H groups in total. The minimum absolute atomic E-state index is 0.102. The monoisotopic (exact) mass is 278 g/mol. The standard InChI is InChI=1S/C10H10N6O4/c17-10(11-5-9-12-14-15-13-9)6-20-8-3-1-2-7(4-8)16(18)19/h1-4H,5-6H2,(H,11,17)(H,12,13,14,15). The van der Waals surface area contributed by atoms with Gasteiger partial charge < -0.3 is 10.1 Å². The number of carbonyl (C=O) groups excluding carboxylic acids is 1. The predicted octanol–water partition coefficient (Wildman–Crippen LogP) is -0.197. The molecule has 10 nitrogen and oxygen atoms in total. The fourth-order valence-corrected chi connectivity index (χ4v) is 1.32. The van der Waals surface area contributed by atoms with Gasteiger partial charge >= 0.3 is 0 Å². The predicted molar refractivity (Wildman–Crippen MR) is 64.6 cm³/mol. The Labute approximate surface area is 112 Å². The third-order valence-corrected chi connectivity index (χ3v) is 2.23. The molecule has 0 radical (unpaired) electrons. The SMILES string of the molecule is O=C(COc1cccc([N+](=O)[O-])c1)NCc1nn[nH]n1. The maximum atomic E-state index is 11.5. The number of non-ortho nitro benzene ring substituents is 1. The second kappa shape index (κ2) is 6.22. The molecule has 0 saturated heterocycles. The average molecular weight is 278 g/mol. The molecule has 0 unspecified atom stereocenters. The van der Waals surface area contributed by atoms with Gasteiger partial charge in [0, 0.05) is 6.07 Å². The third kappa shape index (κ3) is 3.73. The summed E-state index contributed by atoms with van der Waals surface area (Å²) in [5.74, 6) is 0.184. The number of nitro groups is 1. The zero-order chi connectivity index (χ0) is 14.4. The highest BCUT2D eigenvalue weighted by atomic mass is 16.6. The van der Waals surface area contributed by atoms with E-state index in [1.54, 1.807) is 0 Å². The van der Waals surface area contributed by atoms with Crippen LogP contribution < -0.4 is 10.1 Å². The average Bonchev–Trinajstić information content (AvgIpc) is 2.96. The number of carbonyl (C=O) groups is 1. The molecule has 0 spiro atoms. The van der Waals surface area contributed by atoms with Crippen molar-refractivity contribution in [3.8, 4) is 5.75 Å². The van der Waals surface area contributed by atoms with Gasteiger partial charge in [-0.2, -0.15) is 5.21 Å². The minimum Gasteiger partial charge on any atom is -0.484 e. The Balaban J connectivity index is 1.81. The Morgan fingerprint density at radius 2 is 2.35 bits per heavy atom. The number of rotatable bonds is 6. The number of amides is 1. The lowest BCUT2D eigenvalue weighted by Crippen LogP contribution is -2.28. The summed E-state index contributed by atoms with van der Waals surface area (Å²) in [4.78, 5) is 21.5. The molecule has 1 aromatic heterocycles. The third-order valence-electron chi connectivity index (χ3n) is 2.23. The Bertz CT molecular complexity index is 600. The van der Waals surface area contributed by atoms with Crippen molar-refractivity contribution in [2.45, 2.75) is 6.54 Å². The summed E-state index contributed by atoms with van der Waals surface area (Å²) in [5, 5.41) is 26.0. The van der Waals surface area contributed by atoms with Crippen molar-refractivity contribution in [2.75, 3.05) is 6.61 Å². The molecule has 0 aliphatic heterocycles. The van der Waals surface area contributed by atoms with Crippen LogP contribution in [0.5, 0.6) is 5.75 Å². The number of nitrogens with one attached hydrogen (secondary N) is 2. The van der Waals surface area contributed by atoms with E-state index in [0.717, 1.165) is 0 Å². The molecular weight excluding hydrogens is 268 g/mol. The number of ether oxygens (including phenoxy) is 1. The first kappa shape index (κ1) is 13.4. The van der Waals surface area contributed by atoms with Crippen LogP contribution in [0.1, 0.15) is 5.82 Å². The normalized spacial score (nSPS) is 10.0. The van der Waals surface area contributed by atoms with Crippen LogP contribution in [-0.4, -0.2) is 38.1 Å². The lowest BCUT2D eigenvalue weighted by atomic mass is 10.3. The Hall–Kier alpha value is -3.04. The molecule has 0 fully saturated rings. The van der Waals surface area contributed by atoms with Gasteiger partial charge in [-0.15, -0.1) is 10.2 Å². The van der Waals surface area contributed by atoms with Gasteiger partial charge in [0.15, 0.2) is 12.4 Å². The molecule has 0 atom stereocenters. The van der Waals surface area contributed by atoms with Crippen molar-refractivity contribution in [1.82, 2.24) is 25.9 Å². The first-order valence-electron chi connectivity index (χ1n) is 5.51. The van der Waals surface area contributed by atoms with E-state index >= 15 is 0 Å². The van der Waals surface area contributed by atoms with Crippen molar-refractivity contribution in [1.29, 1.82) is 0 Å². The maximum Gasteiger partial charge on any atom is 0.273 e. The first-order valence-corrected chi connectivity index (χ1v) is 5.51. The summed E-state index contributed by atoms with van der Waals surface area (Å²) in [6.45, 7) is -0.146. The van der Waals surface area contributed by atoms with Gasteiger partial charge in [0.25, 0.3) is 11.6 Å².